The molecule has 8 nitrogen and oxygen atoms in total. The second kappa shape index (κ2) is 8.11. The molecule has 0 amide bonds. The summed E-state index contributed by atoms with van der Waals surface area (Å²) in [6.45, 7) is 8.56. The van der Waals surface area contributed by atoms with Crippen LogP contribution >= 0.6 is 0 Å². The zero-order valence-corrected chi connectivity index (χ0v) is 19.2. The first kappa shape index (κ1) is 24.0. The lowest BCUT2D eigenvalue weighted by Crippen LogP contribution is -2.58. The van der Waals surface area contributed by atoms with Crippen molar-refractivity contribution in [2.45, 2.75) is 58.8 Å². The Labute approximate surface area is 170 Å². The lowest BCUT2D eigenvalue weighted by atomic mass is 9.85. The SMILES string of the molecule is CC1CC(CN)(C(NS(=O)(=O)C[C@@]2(CN)C[C@@H](C)[C@@H](C)C2)S(N)(=O)=O)CC1C. The maximum Gasteiger partial charge on any atom is 0.226 e. The molecule has 2 saturated carbocycles. The highest BCUT2D eigenvalue weighted by molar-refractivity contribution is 7.93. The molecule has 2 aliphatic rings. The van der Waals surface area contributed by atoms with E-state index >= 15 is 0 Å². The van der Waals surface area contributed by atoms with Crippen LogP contribution in [0.4, 0.5) is 0 Å². The van der Waals surface area contributed by atoms with E-state index in [0.717, 1.165) is 0 Å². The Kier molecular flexibility index (Phi) is 6.96. The Balaban J connectivity index is 2.32. The van der Waals surface area contributed by atoms with Crippen LogP contribution in [0, 0.1) is 34.5 Å². The number of nitrogens with two attached hydrogens (primary N) is 3. The lowest BCUT2D eigenvalue weighted by molar-refractivity contribution is 0.262. The van der Waals surface area contributed by atoms with Crippen molar-refractivity contribution in [2.75, 3.05) is 18.8 Å². The molecular formula is C18H38N4O4S2. The largest absolute Gasteiger partial charge is 0.330 e. The summed E-state index contributed by atoms with van der Waals surface area (Å²) in [6, 6.07) is 0. The van der Waals surface area contributed by atoms with Crippen molar-refractivity contribution in [3.05, 3.63) is 0 Å². The van der Waals surface area contributed by atoms with E-state index in [9.17, 15) is 16.8 Å². The molecule has 28 heavy (non-hydrogen) atoms. The fourth-order valence-electron chi connectivity index (χ4n) is 5.60. The van der Waals surface area contributed by atoms with Gasteiger partial charge in [0.25, 0.3) is 0 Å². The van der Waals surface area contributed by atoms with Gasteiger partial charge in [-0.3, -0.25) is 0 Å². The van der Waals surface area contributed by atoms with Crippen LogP contribution in [-0.2, 0) is 20.0 Å². The third-order valence-corrected chi connectivity index (χ3v) is 10.4. The Morgan fingerprint density at radius 1 is 0.857 bits per heavy atom. The van der Waals surface area contributed by atoms with E-state index in [2.05, 4.69) is 18.6 Å². The van der Waals surface area contributed by atoms with Crippen molar-refractivity contribution in [3.8, 4) is 0 Å². The van der Waals surface area contributed by atoms with Gasteiger partial charge in [0.1, 0.15) is 5.37 Å². The fraction of sp³-hybridized carbons (Fsp3) is 1.00. The normalized spacial score (nSPS) is 40.7. The Morgan fingerprint density at radius 3 is 1.64 bits per heavy atom. The molecule has 0 aromatic rings. The number of hydrogen-bond acceptors (Lipinski definition) is 6. The van der Waals surface area contributed by atoms with Gasteiger partial charge in [-0.15, -0.1) is 0 Å². The first-order valence-electron chi connectivity index (χ1n) is 10.1. The van der Waals surface area contributed by atoms with E-state index in [1.54, 1.807) is 0 Å². The minimum absolute atomic E-state index is 0.0569. The van der Waals surface area contributed by atoms with Crippen molar-refractivity contribution in [3.63, 3.8) is 0 Å². The molecule has 166 valence electrons. The van der Waals surface area contributed by atoms with E-state index in [1.165, 1.54) is 0 Å². The molecule has 0 aromatic carbocycles. The predicted molar refractivity (Wildman–Crippen MR) is 112 cm³/mol. The number of primary sulfonamides is 1. The van der Waals surface area contributed by atoms with Gasteiger partial charge in [-0.1, -0.05) is 27.7 Å². The summed E-state index contributed by atoms with van der Waals surface area (Å²) in [5, 5.41) is 4.08. The van der Waals surface area contributed by atoms with Crippen molar-refractivity contribution in [2.24, 2.45) is 51.1 Å². The van der Waals surface area contributed by atoms with E-state index < -0.39 is 36.3 Å². The average molecular weight is 439 g/mol. The molecule has 2 aliphatic carbocycles. The quantitative estimate of drug-likeness (QED) is 0.433. The number of sulfonamides is 2. The van der Waals surface area contributed by atoms with E-state index in [0.29, 0.717) is 37.5 Å². The molecule has 7 N–H and O–H groups in total. The van der Waals surface area contributed by atoms with Crippen LogP contribution in [-0.4, -0.2) is 41.1 Å². The van der Waals surface area contributed by atoms with Crippen LogP contribution in [0.5, 0.6) is 0 Å². The molecule has 2 fully saturated rings. The van der Waals surface area contributed by atoms with Crippen LogP contribution in [0.3, 0.4) is 0 Å². The van der Waals surface area contributed by atoms with Gasteiger partial charge in [-0.2, -0.15) is 4.72 Å². The molecular weight excluding hydrogens is 400 g/mol. The standard InChI is InChI=1S/C18H38N4O4S2/c1-12-5-17(9-19,6-13(12)2)11-27(23,24)22-16(28(21,25)26)18(10-20)7-14(3)15(4)8-18/h12-16,22H,5-11,19-20H2,1-4H3,(H2,21,25,26)/t12-,13+,14?,15?,16?,17+,18?. The number of nitrogens with one attached hydrogen (secondary N) is 1. The van der Waals surface area contributed by atoms with Gasteiger partial charge in [0, 0.05) is 12.0 Å². The van der Waals surface area contributed by atoms with Gasteiger partial charge < -0.3 is 11.5 Å². The van der Waals surface area contributed by atoms with Crippen LogP contribution in [0.15, 0.2) is 0 Å². The highest BCUT2D eigenvalue weighted by Crippen LogP contribution is 2.49. The molecule has 0 spiro atoms. The highest BCUT2D eigenvalue weighted by Gasteiger charge is 2.53. The zero-order chi connectivity index (χ0) is 21.5. The van der Waals surface area contributed by atoms with Crippen molar-refractivity contribution >= 4 is 20.0 Å². The third-order valence-electron chi connectivity index (χ3n) is 7.42. The number of rotatable bonds is 8. The zero-order valence-electron chi connectivity index (χ0n) is 17.5. The first-order chi connectivity index (χ1) is 12.7. The second-order valence-electron chi connectivity index (χ2n) is 9.84. The van der Waals surface area contributed by atoms with Gasteiger partial charge in [0.05, 0.1) is 5.75 Å². The second-order valence-corrected chi connectivity index (χ2v) is 13.2. The minimum atomic E-state index is -4.18. The summed E-state index contributed by atoms with van der Waals surface area (Å²) >= 11 is 0. The van der Waals surface area contributed by atoms with Crippen LogP contribution < -0.4 is 21.3 Å². The summed E-state index contributed by atoms with van der Waals surface area (Å²) in [5.74, 6) is 1.04. The van der Waals surface area contributed by atoms with Crippen LogP contribution in [0.1, 0.15) is 53.4 Å². The lowest BCUT2D eigenvalue weighted by Gasteiger charge is -2.36. The molecule has 10 heteroatoms. The van der Waals surface area contributed by atoms with Crippen molar-refractivity contribution in [1.29, 1.82) is 0 Å². The maximum atomic E-state index is 13.1. The molecule has 0 aromatic heterocycles. The Hall–Kier alpha value is -0.260. The molecule has 2 rings (SSSR count). The van der Waals surface area contributed by atoms with E-state index in [-0.39, 0.29) is 30.7 Å². The highest BCUT2D eigenvalue weighted by atomic mass is 32.2. The van der Waals surface area contributed by atoms with Crippen LogP contribution in [0.25, 0.3) is 0 Å². The monoisotopic (exact) mass is 438 g/mol. The number of hydrogen-bond donors (Lipinski definition) is 4. The van der Waals surface area contributed by atoms with Gasteiger partial charge in [-0.05, 0) is 61.3 Å². The molecule has 3 unspecified atom stereocenters. The molecule has 6 atom stereocenters. The molecule has 0 aliphatic heterocycles. The van der Waals surface area contributed by atoms with Crippen LogP contribution in [0.2, 0.25) is 0 Å². The smallest absolute Gasteiger partial charge is 0.226 e. The first-order valence-corrected chi connectivity index (χ1v) is 13.4. The summed E-state index contributed by atoms with van der Waals surface area (Å²) < 4.78 is 53.5. The van der Waals surface area contributed by atoms with E-state index in [1.807, 2.05) is 13.8 Å². The topological polar surface area (TPSA) is 158 Å². The molecule has 0 saturated heterocycles. The van der Waals surface area contributed by atoms with Gasteiger partial charge >= 0.3 is 0 Å². The van der Waals surface area contributed by atoms with Gasteiger partial charge in [0.2, 0.25) is 20.0 Å². The van der Waals surface area contributed by atoms with Gasteiger partial charge in [0.15, 0.2) is 0 Å². The minimum Gasteiger partial charge on any atom is -0.330 e. The average Bonchev–Trinajstić information content (AvgIpc) is 3.01. The fourth-order valence-corrected chi connectivity index (χ4v) is 9.38. The maximum absolute atomic E-state index is 13.1. The Morgan fingerprint density at radius 2 is 1.29 bits per heavy atom. The van der Waals surface area contributed by atoms with E-state index in [4.69, 9.17) is 16.6 Å². The third kappa shape index (κ3) is 4.89. The summed E-state index contributed by atoms with van der Waals surface area (Å²) in [4.78, 5) is 0. The molecule has 0 heterocycles. The molecule has 0 radical (unpaired) electrons. The Bertz CT molecular complexity index is 748. The van der Waals surface area contributed by atoms with Crippen molar-refractivity contribution in [1.82, 2.24) is 4.72 Å². The molecule has 0 bridgehead atoms. The van der Waals surface area contributed by atoms with Gasteiger partial charge in [-0.25, -0.2) is 22.0 Å². The predicted octanol–water partition coefficient (Wildman–Crippen LogP) is 0.543. The van der Waals surface area contributed by atoms with Crippen molar-refractivity contribution < 1.29 is 16.8 Å². The summed E-state index contributed by atoms with van der Waals surface area (Å²) in [6.07, 6.45) is 2.46. The summed E-state index contributed by atoms with van der Waals surface area (Å²) in [7, 11) is -8.11. The summed E-state index contributed by atoms with van der Waals surface area (Å²) in [5.41, 5.74) is 10.5.